The Bertz CT molecular complexity index is 2220. The maximum absolute atomic E-state index is 15.1. The average Bonchev–Trinajstić information content (AvgIpc) is 3.54. The van der Waals surface area contributed by atoms with Gasteiger partial charge in [-0.1, -0.05) is 97.1 Å². The van der Waals surface area contributed by atoms with E-state index in [2.05, 4.69) is 10.2 Å². The number of nitrogens with one attached hydrogen (secondary N) is 1. The largest absolute Gasteiger partial charge is 0.480 e. The maximum atomic E-state index is 15.1. The molecule has 12 nitrogen and oxygen atoms in total. The lowest BCUT2D eigenvalue weighted by Gasteiger charge is -2.36. The van der Waals surface area contributed by atoms with Gasteiger partial charge >= 0.3 is 13.6 Å². The number of hydrogen-bond donors (Lipinski definition) is 5. The van der Waals surface area contributed by atoms with Crippen LogP contribution in [0.4, 0.5) is 10.6 Å². The van der Waals surface area contributed by atoms with Gasteiger partial charge in [-0.3, -0.25) is 5.10 Å². The summed E-state index contributed by atoms with van der Waals surface area (Å²) in [4.78, 5) is 28.8. The van der Waals surface area contributed by atoms with Crippen molar-refractivity contribution >= 4 is 30.3 Å². The summed E-state index contributed by atoms with van der Waals surface area (Å²) < 4.78 is 23.9. The molecule has 6 aromatic rings. The quantitative estimate of drug-likeness (QED) is 0.0872. The second kappa shape index (κ2) is 16.2. The highest BCUT2D eigenvalue weighted by Gasteiger charge is 2.46. The number of nitrogen functional groups attached to an aromatic ring is 1. The topological polar surface area (TPSA) is 174 Å². The number of nitrogens with zero attached hydrogens (tertiary/aromatic N) is 3. The van der Waals surface area contributed by atoms with E-state index in [0.29, 0.717) is 28.9 Å². The third-order valence-corrected chi connectivity index (χ3v) is 10.6. The number of rotatable bonds is 13. The van der Waals surface area contributed by atoms with Crippen molar-refractivity contribution in [3.63, 3.8) is 0 Å². The molecule has 6 N–H and O–H groups in total. The number of aromatic nitrogens is 2. The van der Waals surface area contributed by atoms with E-state index in [0.717, 1.165) is 22.2 Å². The van der Waals surface area contributed by atoms with Crippen LogP contribution in [-0.4, -0.2) is 71.8 Å². The Morgan fingerprint density at radius 1 is 0.685 bits per heavy atom. The second-order valence-electron chi connectivity index (χ2n) is 13.5. The molecule has 0 spiro atoms. The number of hydrogen-bond acceptors (Lipinski definition) is 8. The molecule has 1 unspecified atom stereocenters. The first kappa shape index (κ1) is 36.7. The zero-order valence-corrected chi connectivity index (χ0v) is 30.3. The molecule has 5 atom stereocenters. The van der Waals surface area contributed by atoms with Crippen molar-refractivity contribution in [3.8, 4) is 11.5 Å². The van der Waals surface area contributed by atoms with Crippen molar-refractivity contribution in [1.82, 2.24) is 20.0 Å². The number of ether oxygens (including phenoxy) is 1. The summed E-state index contributed by atoms with van der Waals surface area (Å²) >= 11 is 0. The van der Waals surface area contributed by atoms with Crippen molar-refractivity contribution in [3.05, 3.63) is 156 Å². The van der Waals surface area contributed by atoms with E-state index >= 15 is 4.79 Å². The van der Waals surface area contributed by atoms with Gasteiger partial charge in [0, 0.05) is 18.5 Å². The van der Waals surface area contributed by atoms with Crippen molar-refractivity contribution in [1.29, 1.82) is 0 Å². The van der Waals surface area contributed by atoms with E-state index in [1.165, 1.54) is 0 Å². The van der Waals surface area contributed by atoms with Crippen molar-refractivity contribution in [2.75, 3.05) is 12.1 Å². The predicted molar refractivity (Wildman–Crippen MR) is 206 cm³/mol. The fourth-order valence-electron chi connectivity index (χ4n) is 6.95. The average molecular weight is 748 g/mol. The molecular formula is C41H42N5O7P. The molecule has 1 saturated heterocycles. The molecule has 1 aliphatic rings. The summed E-state index contributed by atoms with van der Waals surface area (Å²) in [5.74, 6) is 0.876. The molecule has 2 heterocycles. The van der Waals surface area contributed by atoms with Crippen LogP contribution in [-0.2, 0) is 30.5 Å². The summed E-state index contributed by atoms with van der Waals surface area (Å²) in [7, 11) is -4.17. The molecule has 2 amide bonds. The number of urea groups is 1. The molecule has 1 fully saturated rings. The van der Waals surface area contributed by atoms with Gasteiger partial charge in [0.1, 0.15) is 23.7 Å². The Morgan fingerprint density at radius 2 is 1.20 bits per heavy atom. The number of para-hydroxylation sites is 1. The highest BCUT2D eigenvalue weighted by atomic mass is 31.2. The number of aromatic amines is 1. The second-order valence-corrected chi connectivity index (χ2v) is 15.2. The zero-order chi connectivity index (χ0) is 37.7. The van der Waals surface area contributed by atoms with Crippen LogP contribution < -0.4 is 15.0 Å². The molecule has 1 aromatic heterocycles. The minimum absolute atomic E-state index is 0.0386. The van der Waals surface area contributed by atoms with E-state index < -0.39 is 38.2 Å². The molecule has 13 heteroatoms. The van der Waals surface area contributed by atoms with Crippen LogP contribution in [0, 0.1) is 0 Å². The molecule has 0 saturated carbocycles. The van der Waals surface area contributed by atoms with Crippen LogP contribution in [0.5, 0.6) is 11.5 Å². The highest BCUT2D eigenvalue weighted by molar-refractivity contribution is 7.53. The molecule has 5 aromatic carbocycles. The molecule has 7 rings (SSSR count). The monoisotopic (exact) mass is 747 g/mol. The number of fused-ring (bicyclic) bond motifs is 1. The van der Waals surface area contributed by atoms with Gasteiger partial charge in [-0.2, -0.15) is 5.10 Å². The van der Waals surface area contributed by atoms with Crippen LogP contribution in [0.25, 0.3) is 10.9 Å². The number of anilines is 1. The van der Waals surface area contributed by atoms with E-state index in [4.69, 9.17) is 15.0 Å². The van der Waals surface area contributed by atoms with Gasteiger partial charge in [-0.15, -0.1) is 0 Å². The SMILES string of the molecule is Nc1n[nH]c2ccc(CN3C(=O)N(Cc4cccc(OCP(=O)(O)Oc5ccccc5)c4)[C@H](Cc4ccccc4)[C@H](O)[C@@H](O)[C@H]3Cc3ccccc3)cc12. The predicted octanol–water partition coefficient (Wildman–Crippen LogP) is 6.13. The number of benzene rings is 5. The van der Waals surface area contributed by atoms with E-state index in [-0.39, 0.29) is 31.3 Å². The molecule has 54 heavy (non-hydrogen) atoms. The number of carbonyl (C=O) groups is 1. The Morgan fingerprint density at radius 3 is 1.80 bits per heavy atom. The van der Waals surface area contributed by atoms with E-state index in [1.54, 1.807) is 58.3 Å². The standard InChI is InChI=1S/C41H42N5O7P/c42-40-34-22-31(19-20-35(34)43-44-40)26-46-37(24-29-13-6-2-7-14-29)39(48)38(47)36(23-28-11-4-1-5-12-28)45(41(46)49)25-30-15-10-18-33(21-30)52-27-54(50,51)53-32-16-8-3-9-17-32/h1-22,36-39,47-48H,23-27H2,(H,50,51)(H3,42,43,44)/t36-,37-,38+,39+/m1/s1. The molecule has 278 valence electrons. The first-order valence-electron chi connectivity index (χ1n) is 17.7. The summed E-state index contributed by atoms with van der Waals surface area (Å²) in [6.45, 7) is 0.155. The van der Waals surface area contributed by atoms with Crippen LogP contribution in [0.3, 0.4) is 0 Å². The maximum Gasteiger partial charge on any atom is 0.413 e. The van der Waals surface area contributed by atoms with Gasteiger partial charge in [0.25, 0.3) is 0 Å². The van der Waals surface area contributed by atoms with E-state index in [9.17, 15) is 19.7 Å². The lowest BCUT2D eigenvalue weighted by molar-refractivity contribution is -0.0408. The number of carbonyl (C=O) groups excluding carboxylic acids is 1. The Kier molecular flexibility index (Phi) is 11.0. The highest BCUT2D eigenvalue weighted by Crippen LogP contribution is 2.42. The Balaban J connectivity index is 1.22. The molecule has 0 bridgehead atoms. The van der Waals surface area contributed by atoms with Crippen LogP contribution in [0.15, 0.2) is 133 Å². The summed E-state index contributed by atoms with van der Waals surface area (Å²) in [6, 6.07) is 37.9. The first-order chi connectivity index (χ1) is 26.1. The fraction of sp³-hybridized carbons (Fsp3) is 0.220. The number of nitrogens with two attached hydrogens (primary N) is 1. The van der Waals surface area contributed by atoms with Crippen LogP contribution in [0.1, 0.15) is 22.3 Å². The lowest BCUT2D eigenvalue weighted by Crippen LogP contribution is -2.50. The number of aliphatic hydroxyl groups excluding tert-OH is 2. The summed E-state index contributed by atoms with van der Waals surface area (Å²) in [5.41, 5.74) is 10.1. The first-order valence-corrected chi connectivity index (χ1v) is 19.4. The van der Waals surface area contributed by atoms with Crippen LogP contribution in [0.2, 0.25) is 0 Å². The number of H-pyrrole nitrogens is 1. The lowest BCUT2D eigenvalue weighted by atomic mass is 9.91. The minimum atomic E-state index is -4.17. The normalized spacial score (nSPS) is 20.0. The van der Waals surface area contributed by atoms with Gasteiger partial charge < -0.3 is 39.9 Å². The number of amides is 2. The van der Waals surface area contributed by atoms with Gasteiger partial charge in [0.15, 0.2) is 12.2 Å². The third-order valence-electron chi connectivity index (χ3n) is 9.65. The van der Waals surface area contributed by atoms with Crippen molar-refractivity contribution in [2.45, 2.75) is 50.2 Å². The van der Waals surface area contributed by atoms with E-state index in [1.807, 2.05) is 84.9 Å². The number of aliphatic hydroxyl groups is 2. The van der Waals surface area contributed by atoms with Gasteiger partial charge in [0.05, 0.1) is 17.6 Å². The van der Waals surface area contributed by atoms with Gasteiger partial charge in [-0.25, -0.2) is 9.36 Å². The molecule has 0 radical (unpaired) electrons. The smallest absolute Gasteiger partial charge is 0.413 e. The van der Waals surface area contributed by atoms with Crippen molar-refractivity contribution < 1.29 is 33.7 Å². The van der Waals surface area contributed by atoms with Crippen LogP contribution >= 0.6 is 7.60 Å². The zero-order valence-electron chi connectivity index (χ0n) is 29.4. The molecular weight excluding hydrogens is 705 g/mol. The Labute approximate surface area is 312 Å². The fourth-order valence-corrected chi connectivity index (χ4v) is 7.77. The Hall–Kier alpha value is -5.65. The van der Waals surface area contributed by atoms with Gasteiger partial charge in [-0.05, 0) is 71.5 Å². The minimum Gasteiger partial charge on any atom is -0.480 e. The molecule has 1 aliphatic heterocycles. The molecule has 0 aliphatic carbocycles. The summed E-state index contributed by atoms with van der Waals surface area (Å²) in [5, 5.41) is 31.9. The summed E-state index contributed by atoms with van der Waals surface area (Å²) in [6.07, 6.45) is -2.67. The van der Waals surface area contributed by atoms with Gasteiger partial charge in [0.2, 0.25) is 0 Å². The third kappa shape index (κ3) is 8.59. The van der Waals surface area contributed by atoms with Crippen molar-refractivity contribution in [2.24, 2.45) is 0 Å².